The minimum atomic E-state index is 0.679. The molecule has 0 N–H and O–H groups in total. The number of unbranched alkanes of at least 4 members (excludes halogenated alkanes) is 7. The summed E-state index contributed by atoms with van der Waals surface area (Å²) in [6, 6.07) is 7.92. The van der Waals surface area contributed by atoms with Crippen LogP contribution in [0.25, 0.3) is 0 Å². The van der Waals surface area contributed by atoms with E-state index in [1.807, 2.05) is 31.2 Å². The molecular weight excluding hydrogens is 248 g/mol. The van der Waals surface area contributed by atoms with Crippen molar-refractivity contribution in [2.75, 3.05) is 13.2 Å². The second-order valence-electron chi connectivity index (χ2n) is 5.20. The van der Waals surface area contributed by atoms with Gasteiger partial charge in [-0.2, -0.15) is 0 Å². The van der Waals surface area contributed by atoms with Gasteiger partial charge in [-0.15, -0.1) is 0 Å². The number of rotatable bonds is 12. The van der Waals surface area contributed by atoms with Gasteiger partial charge in [0.05, 0.1) is 13.2 Å². The molecule has 0 spiro atoms. The molecule has 0 unspecified atom stereocenters. The molecule has 0 amide bonds. The lowest BCUT2D eigenvalue weighted by Gasteiger charge is -2.11. The molecule has 1 rings (SSSR count). The molecule has 0 atom stereocenters. The second-order valence-corrected chi connectivity index (χ2v) is 5.20. The lowest BCUT2D eigenvalue weighted by molar-refractivity contribution is 0.270. The molecule has 0 saturated carbocycles. The van der Waals surface area contributed by atoms with E-state index in [4.69, 9.17) is 9.47 Å². The number of ether oxygens (including phenoxy) is 2. The molecular formula is C18H30O2. The number of hydrogen-bond acceptors (Lipinski definition) is 2. The number of para-hydroxylation sites is 2. The van der Waals surface area contributed by atoms with Crippen LogP contribution in [0.4, 0.5) is 0 Å². The Hall–Kier alpha value is -1.18. The molecule has 114 valence electrons. The molecule has 0 aliphatic heterocycles. The van der Waals surface area contributed by atoms with Crippen LogP contribution in [0, 0.1) is 0 Å². The van der Waals surface area contributed by atoms with Gasteiger partial charge in [-0.1, -0.05) is 64.0 Å². The van der Waals surface area contributed by atoms with Gasteiger partial charge in [-0.25, -0.2) is 0 Å². The Balaban J connectivity index is 2.06. The Morgan fingerprint density at radius 3 is 1.85 bits per heavy atom. The predicted molar refractivity (Wildman–Crippen MR) is 85.7 cm³/mol. The molecule has 0 fully saturated rings. The number of benzene rings is 1. The third-order valence-electron chi connectivity index (χ3n) is 3.40. The van der Waals surface area contributed by atoms with Crippen molar-refractivity contribution in [2.24, 2.45) is 0 Å². The van der Waals surface area contributed by atoms with E-state index in [2.05, 4.69) is 6.92 Å². The summed E-state index contributed by atoms with van der Waals surface area (Å²) in [6.07, 6.45) is 10.6. The van der Waals surface area contributed by atoms with Crippen LogP contribution in [0.1, 0.15) is 65.2 Å². The highest BCUT2D eigenvalue weighted by Gasteiger charge is 2.02. The normalized spacial score (nSPS) is 10.5. The van der Waals surface area contributed by atoms with Crippen molar-refractivity contribution < 1.29 is 9.47 Å². The van der Waals surface area contributed by atoms with Gasteiger partial charge < -0.3 is 9.47 Å². The zero-order valence-electron chi connectivity index (χ0n) is 13.2. The second kappa shape index (κ2) is 11.6. The highest BCUT2D eigenvalue weighted by molar-refractivity contribution is 5.39. The zero-order chi connectivity index (χ0) is 14.5. The summed E-state index contributed by atoms with van der Waals surface area (Å²) >= 11 is 0. The average Bonchev–Trinajstić information content (AvgIpc) is 2.47. The number of hydrogen-bond donors (Lipinski definition) is 0. The van der Waals surface area contributed by atoms with Crippen molar-refractivity contribution >= 4 is 0 Å². The van der Waals surface area contributed by atoms with Gasteiger partial charge in [-0.3, -0.25) is 0 Å². The van der Waals surface area contributed by atoms with E-state index in [0.29, 0.717) is 6.61 Å². The van der Waals surface area contributed by atoms with E-state index >= 15 is 0 Å². The molecule has 0 saturated heterocycles. The fraction of sp³-hybridized carbons (Fsp3) is 0.667. The van der Waals surface area contributed by atoms with Crippen molar-refractivity contribution in [3.05, 3.63) is 24.3 Å². The molecule has 0 aliphatic carbocycles. The average molecular weight is 278 g/mol. The summed E-state index contributed by atoms with van der Waals surface area (Å²) in [7, 11) is 0. The third-order valence-corrected chi connectivity index (χ3v) is 3.40. The smallest absolute Gasteiger partial charge is 0.161 e. The van der Waals surface area contributed by atoms with Crippen LogP contribution in [0.3, 0.4) is 0 Å². The summed E-state index contributed by atoms with van der Waals surface area (Å²) in [5.41, 5.74) is 0. The molecule has 1 aromatic rings. The topological polar surface area (TPSA) is 18.5 Å². The highest BCUT2D eigenvalue weighted by Crippen LogP contribution is 2.26. The van der Waals surface area contributed by atoms with E-state index in [-0.39, 0.29) is 0 Å². The Bertz CT molecular complexity index is 336. The summed E-state index contributed by atoms with van der Waals surface area (Å²) in [5.74, 6) is 1.73. The fourth-order valence-electron chi connectivity index (χ4n) is 2.26. The first-order valence-electron chi connectivity index (χ1n) is 8.23. The SMILES string of the molecule is CCCCCCCCCCOc1ccccc1OCC. The van der Waals surface area contributed by atoms with Crippen LogP contribution >= 0.6 is 0 Å². The first-order valence-corrected chi connectivity index (χ1v) is 8.23. The predicted octanol–water partition coefficient (Wildman–Crippen LogP) is 5.60. The maximum absolute atomic E-state index is 5.81. The lowest BCUT2D eigenvalue weighted by atomic mass is 10.1. The molecule has 1 aromatic carbocycles. The molecule has 0 bridgehead atoms. The molecule has 2 nitrogen and oxygen atoms in total. The maximum atomic E-state index is 5.81. The van der Waals surface area contributed by atoms with Gasteiger partial charge in [0.15, 0.2) is 11.5 Å². The molecule has 0 radical (unpaired) electrons. The quantitative estimate of drug-likeness (QED) is 0.463. The molecule has 0 aliphatic rings. The van der Waals surface area contributed by atoms with Gasteiger partial charge in [0, 0.05) is 0 Å². The van der Waals surface area contributed by atoms with Crippen molar-refractivity contribution in [3.63, 3.8) is 0 Å². The monoisotopic (exact) mass is 278 g/mol. The lowest BCUT2D eigenvalue weighted by Crippen LogP contribution is -2.00. The Morgan fingerprint density at radius 1 is 0.700 bits per heavy atom. The van der Waals surface area contributed by atoms with E-state index in [1.54, 1.807) is 0 Å². The molecule has 0 heterocycles. The first-order chi connectivity index (χ1) is 9.88. The van der Waals surface area contributed by atoms with Crippen molar-refractivity contribution in [2.45, 2.75) is 65.2 Å². The largest absolute Gasteiger partial charge is 0.490 e. The molecule has 0 aromatic heterocycles. The van der Waals surface area contributed by atoms with E-state index in [9.17, 15) is 0 Å². The zero-order valence-corrected chi connectivity index (χ0v) is 13.2. The third kappa shape index (κ3) is 7.42. The van der Waals surface area contributed by atoms with Crippen molar-refractivity contribution in [3.8, 4) is 11.5 Å². The Kier molecular flexibility index (Phi) is 9.81. The van der Waals surface area contributed by atoms with Gasteiger partial charge in [0.1, 0.15) is 0 Å². The van der Waals surface area contributed by atoms with E-state index in [1.165, 1.54) is 44.9 Å². The Labute approximate surface area is 124 Å². The summed E-state index contributed by atoms with van der Waals surface area (Å²) in [6.45, 7) is 5.73. The van der Waals surface area contributed by atoms with Crippen LogP contribution in [-0.4, -0.2) is 13.2 Å². The maximum Gasteiger partial charge on any atom is 0.161 e. The summed E-state index contributed by atoms with van der Waals surface area (Å²) in [5, 5.41) is 0. The van der Waals surface area contributed by atoms with Crippen molar-refractivity contribution in [1.82, 2.24) is 0 Å². The molecule has 2 heteroatoms. The highest BCUT2D eigenvalue weighted by atomic mass is 16.5. The van der Waals surface area contributed by atoms with Gasteiger partial charge in [0.25, 0.3) is 0 Å². The fourth-order valence-corrected chi connectivity index (χ4v) is 2.26. The summed E-state index contributed by atoms with van der Waals surface area (Å²) in [4.78, 5) is 0. The van der Waals surface area contributed by atoms with Crippen LogP contribution in [0.15, 0.2) is 24.3 Å². The van der Waals surface area contributed by atoms with Gasteiger partial charge in [-0.05, 0) is 25.5 Å². The van der Waals surface area contributed by atoms with Crippen molar-refractivity contribution in [1.29, 1.82) is 0 Å². The summed E-state index contributed by atoms with van der Waals surface area (Å²) < 4.78 is 11.4. The standard InChI is InChI=1S/C18H30O2/c1-3-5-6-7-8-9-10-13-16-20-18-15-12-11-14-17(18)19-4-2/h11-12,14-15H,3-10,13,16H2,1-2H3. The Morgan fingerprint density at radius 2 is 1.25 bits per heavy atom. The van der Waals surface area contributed by atoms with Crippen LogP contribution in [0.2, 0.25) is 0 Å². The van der Waals surface area contributed by atoms with Crippen LogP contribution < -0.4 is 9.47 Å². The minimum Gasteiger partial charge on any atom is -0.490 e. The van der Waals surface area contributed by atoms with Crippen LogP contribution in [0.5, 0.6) is 11.5 Å². The minimum absolute atomic E-state index is 0.679. The van der Waals surface area contributed by atoms with E-state index < -0.39 is 0 Å². The first kappa shape index (κ1) is 16.9. The van der Waals surface area contributed by atoms with Gasteiger partial charge in [0.2, 0.25) is 0 Å². The van der Waals surface area contributed by atoms with Gasteiger partial charge >= 0.3 is 0 Å². The molecule has 20 heavy (non-hydrogen) atoms. The van der Waals surface area contributed by atoms with Crippen LogP contribution in [-0.2, 0) is 0 Å². The van der Waals surface area contributed by atoms with E-state index in [0.717, 1.165) is 24.5 Å².